The Morgan fingerprint density at radius 3 is 2.33 bits per heavy atom. The zero-order valence-corrected chi connectivity index (χ0v) is 8.97. The Kier molecular flexibility index (Phi) is 2.98. The van der Waals surface area contributed by atoms with Crippen molar-refractivity contribution in [2.24, 2.45) is 0 Å². The Morgan fingerprint density at radius 1 is 1.27 bits per heavy atom. The van der Waals surface area contributed by atoms with E-state index in [1.54, 1.807) is 6.92 Å². The lowest BCUT2D eigenvalue weighted by Gasteiger charge is -2.05. The molecule has 0 aliphatic rings. The van der Waals surface area contributed by atoms with Crippen LogP contribution in [0.25, 0.3) is 0 Å². The van der Waals surface area contributed by atoms with Crippen molar-refractivity contribution in [2.45, 2.75) is 13.3 Å². The quantitative estimate of drug-likeness (QED) is 0.649. The van der Waals surface area contributed by atoms with Crippen LogP contribution in [-0.4, -0.2) is 24.6 Å². The van der Waals surface area contributed by atoms with Crippen LogP contribution < -0.4 is 15.4 Å². The highest BCUT2D eigenvalue weighted by atomic mass is 32.2. The molecule has 0 fully saturated rings. The first kappa shape index (κ1) is 11.5. The predicted octanol–water partition coefficient (Wildman–Crippen LogP) is -1.04. The van der Waals surface area contributed by atoms with Crippen LogP contribution in [-0.2, 0) is 16.5 Å². The Labute approximate surface area is 85.2 Å². The Hall–Kier alpha value is -1.57. The van der Waals surface area contributed by atoms with Gasteiger partial charge in [0.1, 0.15) is 0 Å². The summed E-state index contributed by atoms with van der Waals surface area (Å²) in [5.41, 5.74) is -1.38. The lowest BCUT2D eigenvalue weighted by molar-refractivity contribution is 0.476. The minimum Gasteiger partial charge on any atom is -0.363 e. The molecule has 15 heavy (non-hydrogen) atoms. The third-order valence-corrected chi connectivity index (χ3v) is 2.06. The van der Waals surface area contributed by atoms with Crippen molar-refractivity contribution in [2.75, 3.05) is 6.26 Å². The highest BCUT2D eigenvalue weighted by Crippen LogP contribution is 2.10. The summed E-state index contributed by atoms with van der Waals surface area (Å²) >= 11 is 0. The number of rotatable bonds is 3. The van der Waals surface area contributed by atoms with Crippen molar-refractivity contribution in [3.05, 3.63) is 26.4 Å². The van der Waals surface area contributed by atoms with Gasteiger partial charge in [0.05, 0.1) is 11.8 Å². The van der Waals surface area contributed by atoms with Gasteiger partial charge in [0, 0.05) is 0 Å². The third kappa shape index (κ3) is 2.94. The first-order valence-corrected chi connectivity index (χ1v) is 5.90. The molecule has 84 valence electrons. The van der Waals surface area contributed by atoms with E-state index in [2.05, 4.69) is 9.17 Å². The fraction of sp³-hybridized carbons (Fsp3) is 0.429. The van der Waals surface area contributed by atoms with E-state index in [1.807, 2.05) is 4.98 Å². The molecule has 0 radical (unpaired) electrons. The normalized spacial score (nSPS) is 11.3. The van der Waals surface area contributed by atoms with E-state index in [9.17, 15) is 18.0 Å². The van der Waals surface area contributed by atoms with E-state index in [4.69, 9.17) is 0 Å². The molecular weight excluding hydrogens is 224 g/mol. The molecule has 1 rings (SSSR count). The standard InChI is InChI=1S/C7H10N2O5S/c1-3-4-5(10)8-7(11)9-6(4)14-15(2,12)13/h3H2,1-2H3,(H2,8,9,10,11). The van der Waals surface area contributed by atoms with Gasteiger partial charge in [0.2, 0.25) is 5.88 Å². The van der Waals surface area contributed by atoms with Crippen molar-refractivity contribution >= 4 is 10.1 Å². The van der Waals surface area contributed by atoms with Crippen LogP contribution in [0.2, 0.25) is 0 Å². The van der Waals surface area contributed by atoms with E-state index < -0.39 is 21.4 Å². The summed E-state index contributed by atoms with van der Waals surface area (Å²) in [6.07, 6.45) is 1.07. The fourth-order valence-corrected chi connectivity index (χ4v) is 1.48. The molecule has 0 aliphatic heterocycles. The molecule has 1 aromatic rings. The molecule has 0 spiro atoms. The average Bonchev–Trinajstić information content (AvgIpc) is 1.99. The van der Waals surface area contributed by atoms with E-state index in [1.165, 1.54) is 0 Å². The SMILES string of the molecule is CCc1c(OS(C)(=O)=O)[nH]c(=O)[nH]c1=O. The molecule has 0 saturated carbocycles. The Balaban J connectivity index is 3.40. The van der Waals surface area contributed by atoms with E-state index in [0.29, 0.717) is 0 Å². The Morgan fingerprint density at radius 2 is 1.87 bits per heavy atom. The first-order chi connectivity index (χ1) is 6.83. The van der Waals surface area contributed by atoms with Crippen molar-refractivity contribution in [1.82, 2.24) is 9.97 Å². The number of nitrogens with one attached hydrogen (secondary N) is 2. The van der Waals surface area contributed by atoms with Gasteiger partial charge in [-0.05, 0) is 6.42 Å². The summed E-state index contributed by atoms with van der Waals surface area (Å²) < 4.78 is 26.2. The van der Waals surface area contributed by atoms with Gasteiger partial charge in [-0.1, -0.05) is 6.92 Å². The highest BCUT2D eigenvalue weighted by molar-refractivity contribution is 7.86. The van der Waals surface area contributed by atoms with Crippen LogP contribution in [0, 0.1) is 0 Å². The van der Waals surface area contributed by atoms with Crippen LogP contribution in [0.1, 0.15) is 12.5 Å². The van der Waals surface area contributed by atoms with Crippen molar-refractivity contribution in [1.29, 1.82) is 0 Å². The first-order valence-electron chi connectivity index (χ1n) is 4.08. The van der Waals surface area contributed by atoms with Gasteiger partial charge in [-0.3, -0.25) is 14.8 Å². The maximum Gasteiger partial charge on any atom is 0.328 e. The number of H-pyrrole nitrogens is 2. The molecular formula is C7H10N2O5S. The molecule has 8 heteroatoms. The number of aromatic nitrogens is 2. The third-order valence-electron chi connectivity index (χ3n) is 1.59. The fourth-order valence-electron chi connectivity index (χ4n) is 1.04. The molecule has 0 unspecified atom stereocenters. The van der Waals surface area contributed by atoms with E-state index in [0.717, 1.165) is 6.26 Å². The molecule has 1 aromatic heterocycles. The summed E-state index contributed by atoms with van der Waals surface area (Å²) in [6, 6.07) is 0. The number of aromatic amines is 2. The minimum absolute atomic E-state index is 0.0834. The van der Waals surface area contributed by atoms with Gasteiger partial charge in [0.15, 0.2) is 0 Å². The second-order valence-electron chi connectivity index (χ2n) is 2.86. The van der Waals surface area contributed by atoms with Gasteiger partial charge in [-0.25, -0.2) is 4.79 Å². The average molecular weight is 234 g/mol. The van der Waals surface area contributed by atoms with E-state index >= 15 is 0 Å². The van der Waals surface area contributed by atoms with Gasteiger partial charge >= 0.3 is 15.8 Å². The number of hydrogen-bond acceptors (Lipinski definition) is 5. The lowest BCUT2D eigenvalue weighted by Crippen LogP contribution is -2.27. The molecule has 0 bridgehead atoms. The van der Waals surface area contributed by atoms with E-state index in [-0.39, 0.29) is 17.9 Å². The molecule has 1 heterocycles. The summed E-state index contributed by atoms with van der Waals surface area (Å²) in [6.45, 7) is 1.64. The smallest absolute Gasteiger partial charge is 0.328 e. The summed E-state index contributed by atoms with van der Waals surface area (Å²) in [5, 5.41) is 0. The summed E-state index contributed by atoms with van der Waals surface area (Å²) in [7, 11) is -3.77. The predicted molar refractivity (Wildman–Crippen MR) is 52.5 cm³/mol. The van der Waals surface area contributed by atoms with Crippen molar-refractivity contribution in [3.63, 3.8) is 0 Å². The Bertz CT molecular complexity index is 568. The monoisotopic (exact) mass is 234 g/mol. The van der Waals surface area contributed by atoms with Crippen LogP contribution >= 0.6 is 0 Å². The van der Waals surface area contributed by atoms with Crippen LogP contribution in [0.4, 0.5) is 0 Å². The van der Waals surface area contributed by atoms with Crippen LogP contribution in [0.3, 0.4) is 0 Å². The second-order valence-corrected chi connectivity index (χ2v) is 4.43. The maximum atomic E-state index is 11.2. The number of hydrogen-bond donors (Lipinski definition) is 2. The summed E-state index contributed by atoms with van der Waals surface area (Å²) in [4.78, 5) is 26.2. The van der Waals surface area contributed by atoms with Crippen molar-refractivity contribution in [3.8, 4) is 5.88 Å². The molecule has 0 saturated heterocycles. The zero-order valence-electron chi connectivity index (χ0n) is 8.16. The summed E-state index contributed by atoms with van der Waals surface area (Å²) in [5.74, 6) is -0.325. The van der Waals surface area contributed by atoms with Crippen molar-refractivity contribution < 1.29 is 12.6 Å². The van der Waals surface area contributed by atoms with Gasteiger partial charge in [-0.2, -0.15) is 8.42 Å². The largest absolute Gasteiger partial charge is 0.363 e. The second kappa shape index (κ2) is 3.89. The van der Waals surface area contributed by atoms with Gasteiger partial charge < -0.3 is 4.18 Å². The maximum absolute atomic E-state index is 11.2. The zero-order chi connectivity index (χ0) is 11.6. The molecule has 0 amide bonds. The topological polar surface area (TPSA) is 109 Å². The lowest BCUT2D eigenvalue weighted by atomic mass is 10.2. The molecule has 7 nitrogen and oxygen atoms in total. The van der Waals surface area contributed by atoms with Gasteiger partial charge in [0.25, 0.3) is 5.56 Å². The molecule has 0 atom stereocenters. The van der Waals surface area contributed by atoms with Crippen LogP contribution in [0.15, 0.2) is 9.59 Å². The molecule has 2 N–H and O–H groups in total. The highest BCUT2D eigenvalue weighted by Gasteiger charge is 2.13. The minimum atomic E-state index is -3.77. The molecule has 0 aromatic carbocycles. The molecule has 0 aliphatic carbocycles. The van der Waals surface area contributed by atoms with Gasteiger partial charge in [-0.15, -0.1) is 0 Å². The van der Waals surface area contributed by atoms with Crippen LogP contribution in [0.5, 0.6) is 5.88 Å².